The minimum Gasteiger partial charge on any atom is -0.223 e. The number of benzene rings is 2. The fourth-order valence-electron chi connectivity index (χ4n) is 2.89. The summed E-state index contributed by atoms with van der Waals surface area (Å²) in [4.78, 5) is 0.304. The van der Waals surface area contributed by atoms with Crippen LogP contribution in [-0.2, 0) is 9.84 Å². The molecule has 112 valence electrons. The number of sulfone groups is 1. The summed E-state index contributed by atoms with van der Waals surface area (Å²) < 4.78 is 25.5. The summed E-state index contributed by atoms with van der Waals surface area (Å²) in [5.41, 5.74) is 3.07. The van der Waals surface area contributed by atoms with E-state index in [0.717, 1.165) is 16.7 Å². The van der Waals surface area contributed by atoms with Gasteiger partial charge in [0.25, 0.3) is 0 Å². The minimum atomic E-state index is -3.47. The standard InChI is InChI=1S/C18H17NO2S/c1-12-3-7-14(8-4-12)17-16(11-19)18(17)22(20,21)15-9-5-13(2)6-10-15/h3-10,16-18H,1-2H3. The Kier molecular flexibility index (Phi) is 3.54. The molecule has 1 aliphatic carbocycles. The highest BCUT2D eigenvalue weighted by Gasteiger charge is 2.59. The van der Waals surface area contributed by atoms with Crippen LogP contribution in [0.15, 0.2) is 53.4 Å². The van der Waals surface area contributed by atoms with Crippen molar-refractivity contribution >= 4 is 9.84 Å². The number of aryl methyl sites for hydroxylation is 2. The first-order valence-electron chi connectivity index (χ1n) is 7.22. The van der Waals surface area contributed by atoms with Gasteiger partial charge >= 0.3 is 0 Å². The number of rotatable bonds is 3. The van der Waals surface area contributed by atoms with Gasteiger partial charge in [-0.05, 0) is 31.5 Å². The highest BCUT2D eigenvalue weighted by molar-refractivity contribution is 7.92. The molecule has 2 aromatic carbocycles. The van der Waals surface area contributed by atoms with Crippen molar-refractivity contribution in [3.63, 3.8) is 0 Å². The largest absolute Gasteiger partial charge is 0.223 e. The van der Waals surface area contributed by atoms with Crippen LogP contribution in [0.1, 0.15) is 22.6 Å². The molecule has 0 amide bonds. The molecule has 1 fully saturated rings. The van der Waals surface area contributed by atoms with Gasteiger partial charge in [-0.25, -0.2) is 8.42 Å². The smallest absolute Gasteiger partial charge is 0.183 e. The summed E-state index contributed by atoms with van der Waals surface area (Å²) in [7, 11) is -3.47. The van der Waals surface area contributed by atoms with Gasteiger partial charge in [0.2, 0.25) is 0 Å². The molecule has 0 N–H and O–H groups in total. The molecule has 0 radical (unpaired) electrons. The van der Waals surface area contributed by atoms with Crippen molar-refractivity contribution in [2.24, 2.45) is 5.92 Å². The Balaban J connectivity index is 1.95. The van der Waals surface area contributed by atoms with Gasteiger partial charge in [0.15, 0.2) is 9.84 Å². The fourth-order valence-corrected chi connectivity index (χ4v) is 4.96. The topological polar surface area (TPSA) is 57.9 Å². The molecular formula is C18H17NO2S. The van der Waals surface area contributed by atoms with Crippen LogP contribution in [0.4, 0.5) is 0 Å². The van der Waals surface area contributed by atoms with E-state index in [-0.39, 0.29) is 5.92 Å². The van der Waals surface area contributed by atoms with Crippen LogP contribution in [0.5, 0.6) is 0 Å². The first kappa shape index (κ1) is 14.8. The van der Waals surface area contributed by atoms with Crippen molar-refractivity contribution in [1.82, 2.24) is 0 Å². The van der Waals surface area contributed by atoms with Crippen LogP contribution in [0, 0.1) is 31.1 Å². The molecule has 2 aromatic rings. The Morgan fingerprint density at radius 3 is 1.91 bits per heavy atom. The highest BCUT2D eigenvalue weighted by Crippen LogP contribution is 2.53. The first-order chi connectivity index (χ1) is 10.4. The Morgan fingerprint density at radius 2 is 1.41 bits per heavy atom. The van der Waals surface area contributed by atoms with E-state index in [1.165, 1.54) is 0 Å². The molecule has 22 heavy (non-hydrogen) atoms. The zero-order valence-electron chi connectivity index (χ0n) is 12.5. The zero-order chi connectivity index (χ0) is 15.9. The van der Waals surface area contributed by atoms with E-state index in [0.29, 0.717) is 4.90 Å². The summed E-state index contributed by atoms with van der Waals surface area (Å²) in [6.45, 7) is 3.90. The van der Waals surface area contributed by atoms with E-state index >= 15 is 0 Å². The zero-order valence-corrected chi connectivity index (χ0v) is 13.3. The number of nitrogens with zero attached hydrogens (tertiary/aromatic N) is 1. The molecule has 1 saturated carbocycles. The predicted octanol–water partition coefficient (Wildman–Crippen LogP) is 3.38. The Hall–Kier alpha value is -2.12. The quantitative estimate of drug-likeness (QED) is 0.873. The van der Waals surface area contributed by atoms with Crippen molar-refractivity contribution in [3.05, 3.63) is 65.2 Å². The third kappa shape index (κ3) is 2.42. The van der Waals surface area contributed by atoms with Crippen molar-refractivity contribution < 1.29 is 8.42 Å². The molecule has 1 aliphatic rings. The Morgan fingerprint density at radius 1 is 0.909 bits per heavy atom. The second-order valence-corrected chi connectivity index (χ2v) is 8.02. The fraction of sp³-hybridized carbons (Fsp3) is 0.278. The summed E-state index contributed by atoms with van der Waals surface area (Å²) in [6, 6.07) is 16.8. The van der Waals surface area contributed by atoms with Gasteiger partial charge in [-0.15, -0.1) is 0 Å². The second kappa shape index (κ2) is 5.26. The van der Waals surface area contributed by atoms with Gasteiger partial charge in [-0.2, -0.15) is 5.26 Å². The number of hydrogen-bond acceptors (Lipinski definition) is 3. The van der Waals surface area contributed by atoms with E-state index in [4.69, 9.17) is 0 Å². The molecule has 3 nitrogen and oxygen atoms in total. The molecule has 3 rings (SSSR count). The third-order valence-electron chi connectivity index (χ3n) is 4.27. The molecule has 3 atom stereocenters. The van der Waals surface area contributed by atoms with Crippen molar-refractivity contribution in [1.29, 1.82) is 5.26 Å². The summed E-state index contributed by atoms with van der Waals surface area (Å²) >= 11 is 0. The van der Waals surface area contributed by atoms with Crippen LogP contribution < -0.4 is 0 Å². The first-order valence-corrected chi connectivity index (χ1v) is 8.76. The van der Waals surface area contributed by atoms with Crippen LogP contribution in [0.2, 0.25) is 0 Å². The normalized spacial score (nSPS) is 23.8. The molecular weight excluding hydrogens is 294 g/mol. The van der Waals surface area contributed by atoms with Crippen molar-refractivity contribution in [3.8, 4) is 6.07 Å². The molecule has 3 unspecified atom stereocenters. The second-order valence-electron chi connectivity index (χ2n) is 5.91. The third-order valence-corrected chi connectivity index (χ3v) is 6.51. The molecule has 0 bridgehead atoms. The van der Waals surface area contributed by atoms with Gasteiger partial charge in [0.1, 0.15) is 0 Å². The monoisotopic (exact) mass is 311 g/mol. The SMILES string of the molecule is Cc1ccc(C2C(C#N)C2S(=O)(=O)c2ccc(C)cc2)cc1. The Labute approximate surface area is 131 Å². The van der Waals surface area contributed by atoms with Gasteiger partial charge in [0, 0.05) is 5.92 Å². The molecule has 4 heteroatoms. The van der Waals surface area contributed by atoms with Crippen LogP contribution >= 0.6 is 0 Å². The van der Waals surface area contributed by atoms with E-state index in [1.807, 2.05) is 38.1 Å². The average molecular weight is 311 g/mol. The average Bonchev–Trinajstić information content (AvgIpc) is 3.24. The maximum atomic E-state index is 12.8. The van der Waals surface area contributed by atoms with E-state index in [1.54, 1.807) is 24.3 Å². The Bertz CT molecular complexity index is 830. The molecule has 0 saturated heterocycles. The highest BCUT2D eigenvalue weighted by atomic mass is 32.2. The summed E-state index contributed by atoms with van der Waals surface area (Å²) in [6.07, 6.45) is 0. The number of nitriles is 1. The molecule has 0 aliphatic heterocycles. The van der Waals surface area contributed by atoms with E-state index < -0.39 is 21.0 Å². The summed E-state index contributed by atoms with van der Waals surface area (Å²) in [5.74, 6) is -0.689. The van der Waals surface area contributed by atoms with Gasteiger partial charge in [-0.1, -0.05) is 47.5 Å². The lowest BCUT2D eigenvalue weighted by atomic mass is 10.1. The van der Waals surface area contributed by atoms with Gasteiger partial charge < -0.3 is 0 Å². The van der Waals surface area contributed by atoms with Crippen LogP contribution in [-0.4, -0.2) is 13.7 Å². The molecule has 0 spiro atoms. The van der Waals surface area contributed by atoms with E-state index in [2.05, 4.69) is 6.07 Å². The van der Waals surface area contributed by atoms with Gasteiger partial charge in [0.05, 0.1) is 22.1 Å². The van der Waals surface area contributed by atoms with Crippen LogP contribution in [0.25, 0.3) is 0 Å². The predicted molar refractivity (Wildman–Crippen MR) is 85.2 cm³/mol. The lowest BCUT2D eigenvalue weighted by Gasteiger charge is -2.05. The van der Waals surface area contributed by atoms with Crippen LogP contribution in [0.3, 0.4) is 0 Å². The maximum absolute atomic E-state index is 12.8. The summed E-state index contributed by atoms with van der Waals surface area (Å²) in [5, 5.41) is 8.67. The van der Waals surface area contributed by atoms with Crippen molar-refractivity contribution in [2.75, 3.05) is 0 Å². The molecule has 0 aromatic heterocycles. The lowest BCUT2D eigenvalue weighted by Crippen LogP contribution is -2.10. The molecule has 0 heterocycles. The lowest BCUT2D eigenvalue weighted by molar-refractivity contribution is 0.593. The van der Waals surface area contributed by atoms with Gasteiger partial charge in [-0.3, -0.25) is 0 Å². The van der Waals surface area contributed by atoms with E-state index in [9.17, 15) is 13.7 Å². The number of hydrogen-bond donors (Lipinski definition) is 0. The van der Waals surface area contributed by atoms with Crippen molar-refractivity contribution in [2.45, 2.75) is 29.9 Å². The minimum absolute atomic E-state index is 0.225. The maximum Gasteiger partial charge on any atom is 0.183 e.